The normalized spacial score (nSPS) is 10.3. The van der Waals surface area contributed by atoms with E-state index in [1.807, 2.05) is 0 Å². The molecule has 2 amide bonds. The van der Waals surface area contributed by atoms with Crippen molar-refractivity contribution in [2.24, 2.45) is 0 Å². The maximum Gasteiger partial charge on any atom is 0.325 e. The maximum atomic E-state index is 11.5. The van der Waals surface area contributed by atoms with Crippen LogP contribution in [-0.2, 0) is 24.3 Å². The Bertz CT molecular complexity index is 594. The molecule has 112 valence electrons. The first-order chi connectivity index (χ1) is 10.1. The molecule has 11 heteroatoms. The van der Waals surface area contributed by atoms with Gasteiger partial charge in [-0.2, -0.15) is 4.98 Å². The van der Waals surface area contributed by atoms with Crippen molar-refractivity contribution in [1.82, 2.24) is 35.8 Å². The summed E-state index contributed by atoms with van der Waals surface area (Å²) in [4.78, 5) is 25.8. The Balaban J connectivity index is 1.66. The average Bonchev–Trinajstić information content (AvgIpc) is 3.07. The third kappa shape index (κ3) is 4.89. The molecule has 0 saturated heterocycles. The number of amides is 2. The maximum absolute atomic E-state index is 11.5. The van der Waals surface area contributed by atoms with Crippen LogP contribution in [0, 0.1) is 0 Å². The first-order valence-electron chi connectivity index (χ1n) is 6.01. The van der Waals surface area contributed by atoms with Gasteiger partial charge in [0.05, 0.1) is 12.7 Å². The summed E-state index contributed by atoms with van der Waals surface area (Å²) >= 11 is 0. The van der Waals surface area contributed by atoms with E-state index < -0.39 is 5.97 Å². The van der Waals surface area contributed by atoms with Crippen LogP contribution in [0.15, 0.2) is 17.0 Å². The Morgan fingerprint density at radius 3 is 2.95 bits per heavy atom. The van der Waals surface area contributed by atoms with E-state index in [2.05, 4.69) is 31.1 Å². The molecule has 0 fully saturated rings. The largest absolute Gasteiger partial charge is 0.480 e. The molecule has 0 aromatic carbocycles. The molecule has 0 spiro atoms. The molecule has 0 aliphatic heterocycles. The van der Waals surface area contributed by atoms with Crippen molar-refractivity contribution in [2.45, 2.75) is 19.5 Å². The molecule has 0 saturated carbocycles. The monoisotopic (exact) mass is 295 g/mol. The predicted molar refractivity (Wildman–Crippen MR) is 65.9 cm³/mol. The minimum atomic E-state index is -1.02. The van der Waals surface area contributed by atoms with E-state index in [1.165, 1.54) is 17.2 Å². The molecule has 11 nitrogen and oxygen atoms in total. The minimum Gasteiger partial charge on any atom is -0.480 e. The van der Waals surface area contributed by atoms with Crippen LogP contribution in [0.4, 0.5) is 4.79 Å². The van der Waals surface area contributed by atoms with Crippen LogP contribution < -0.4 is 10.6 Å². The second-order valence-corrected chi connectivity index (χ2v) is 4.00. The molecule has 2 rings (SSSR count). The third-order valence-corrected chi connectivity index (χ3v) is 2.34. The first kappa shape index (κ1) is 14.4. The summed E-state index contributed by atoms with van der Waals surface area (Å²) in [6, 6.07) is -0.387. The summed E-state index contributed by atoms with van der Waals surface area (Å²) in [6.45, 7) is 0.217. The molecule has 2 aromatic rings. The van der Waals surface area contributed by atoms with E-state index in [-0.39, 0.29) is 19.1 Å². The van der Waals surface area contributed by atoms with Crippen LogP contribution in [0.1, 0.15) is 11.6 Å². The summed E-state index contributed by atoms with van der Waals surface area (Å²) < 4.78 is 5.95. The van der Waals surface area contributed by atoms with Crippen molar-refractivity contribution in [3.63, 3.8) is 0 Å². The van der Waals surface area contributed by atoms with Crippen molar-refractivity contribution in [3.05, 3.63) is 24.1 Å². The Kier molecular flexibility index (Phi) is 4.79. The number of aliphatic carboxylic acids is 1. The fourth-order valence-corrected chi connectivity index (χ4v) is 1.46. The third-order valence-electron chi connectivity index (χ3n) is 2.34. The van der Waals surface area contributed by atoms with Crippen LogP contribution >= 0.6 is 0 Å². The van der Waals surface area contributed by atoms with Crippen molar-refractivity contribution < 1.29 is 19.2 Å². The van der Waals surface area contributed by atoms with Crippen molar-refractivity contribution in [3.8, 4) is 0 Å². The molecule has 0 radical (unpaired) electrons. The molecule has 0 aliphatic rings. The quantitative estimate of drug-likeness (QED) is 0.576. The van der Waals surface area contributed by atoms with Gasteiger partial charge in [-0.05, 0) is 0 Å². The van der Waals surface area contributed by atoms with Crippen molar-refractivity contribution in [2.75, 3.05) is 6.54 Å². The SMILES string of the molecule is O=C(O)Cn1cc(CNC(=O)NCCc2ncno2)nn1. The number of nitrogens with one attached hydrogen (secondary N) is 2. The van der Waals surface area contributed by atoms with Gasteiger partial charge < -0.3 is 20.3 Å². The van der Waals surface area contributed by atoms with Gasteiger partial charge in [-0.3, -0.25) is 4.79 Å². The van der Waals surface area contributed by atoms with Gasteiger partial charge >= 0.3 is 12.0 Å². The number of hydrogen-bond acceptors (Lipinski definition) is 7. The van der Waals surface area contributed by atoms with Crippen LogP contribution in [0.5, 0.6) is 0 Å². The number of carboxylic acid groups (broad SMARTS) is 1. The number of carboxylic acids is 1. The van der Waals surface area contributed by atoms with Gasteiger partial charge in [-0.1, -0.05) is 10.4 Å². The number of urea groups is 1. The van der Waals surface area contributed by atoms with Gasteiger partial charge in [-0.25, -0.2) is 9.48 Å². The van der Waals surface area contributed by atoms with Gasteiger partial charge in [0.15, 0.2) is 6.33 Å². The van der Waals surface area contributed by atoms with E-state index >= 15 is 0 Å². The van der Waals surface area contributed by atoms with Gasteiger partial charge in [-0.15, -0.1) is 5.10 Å². The van der Waals surface area contributed by atoms with E-state index in [0.29, 0.717) is 24.6 Å². The number of carbonyl (C=O) groups excluding carboxylic acids is 1. The van der Waals surface area contributed by atoms with Gasteiger partial charge in [0, 0.05) is 13.0 Å². The molecule has 0 aliphatic carbocycles. The van der Waals surface area contributed by atoms with Crippen molar-refractivity contribution in [1.29, 1.82) is 0 Å². The number of aromatic nitrogens is 5. The Labute approximate surface area is 118 Å². The molecule has 2 heterocycles. The van der Waals surface area contributed by atoms with Gasteiger partial charge in [0.1, 0.15) is 12.2 Å². The summed E-state index contributed by atoms with van der Waals surface area (Å²) in [5.41, 5.74) is 0.461. The van der Waals surface area contributed by atoms with E-state index in [1.54, 1.807) is 0 Å². The Hall–Kier alpha value is -2.98. The van der Waals surface area contributed by atoms with Crippen molar-refractivity contribution >= 4 is 12.0 Å². The highest BCUT2D eigenvalue weighted by Crippen LogP contribution is 1.93. The fourth-order valence-electron chi connectivity index (χ4n) is 1.46. The second kappa shape index (κ2) is 6.98. The Morgan fingerprint density at radius 2 is 2.24 bits per heavy atom. The lowest BCUT2D eigenvalue weighted by Crippen LogP contribution is -2.36. The number of rotatable bonds is 7. The highest BCUT2D eigenvalue weighted by molar-refractivity contribution is 5.73. The van der Waals surface area contributed by atoms with Crippen LogP contribution in [0.25, 0.3) is 0 Å². The number of carbonyl (C=O) groups is 2. The van der Waals surface area contributed by atoms with E-state index in [4.69, 9.17) is 9.63 Å². The molecule has 21 heavy (non-hydrogen) atoms. The lowest BCUT2D eigenvalue weighted by Gasteiger charge is -2.04. The predicted octanol–water partition coefficient (Wildman–Crippen LogP) is -1.21. The molecule has 0 atom stereocenters. The average molecular weight is 295 g/mol. The lowest BCUT2D eigenvalue weighted by molar-refractivity contribution is -0.137. The van der Waals surface area contributed by atoms with Crippen LogP contribution in [-0.4, -0.2) is 48.8 Å². The summed E-state index contributed by atoms with van der Waals surface area (Å²) in [6.07, 6.45) is 3.17. The van der Waals surface area contributed by atoms with E-state index in [0.717, 1.165) is 0 Å². The molecule has 0 bridgehead atoms. The van der Waals surface area contributed by atoms with Crippen LogP contribution in [0.2, 0.25) is 0 Å². The molecule has 3 N–H and O–H groups in total. The lowest BCUT2D eigenvalue weighted by atomic mass is 10.4. The zero-order chi connectivity index (χ0) is 15.1. The zero-order valence-electron chi connectivity index (χ0n) is 10.9. The highest BCUT2D eigenvalue weighted by atomic mass is 16.5. The number of nitrogens with zero attached hydrogens (tertiary/aromatic N) is 5. The standard InChI is InChI=1S/C10H13N7O4/c18-9(19)5-17-4-7(15-16-17)3-12-10(20)11-2-1-8-13-6-14-21-8/h4,6H,1-3,5H2,(H,18,19)(H2,11,12,20). The van der Waals surface area contributed by atoms with Gasteiger partial charge in [0.2, 0.25) is 5.89 Å². The first-order valence-corrected chi connectivity index (χ1v) is 6.01. The summed E-state index contributed by atoms with van der Waals surface area (Å²) in [7, 11) is 0. The summed E-state index contributed by atoms with van der Waals surface area (Å²) in [5, 5.41) is 24.6. The highest BCUT2D eigenvalue weighted by Gasteiger charge is 2.06. The topological polar surface area (TPSA) is 148 Å². The second-order valence-electron chi connectivity index (χ2n) is 4.00. The summed E-state index contributed by atoms with van der Waals surface area (Å²) in [5.74, 6) is -0.579. The van der Waals surface area contributed by atoms with E-state index in [9.17, 15) is 9.59 Å². The number of hydrogen-bond donors (Lipinski definition) is 3. The Morgan fingerprint density at radius 1 is 1.38 bits per heavy atom. The molecule has 0 unspecified atom stereocenters. The minimum absolute atomic E-state index is 0.145. The van der Waals surface area contributed by atoms with Gasteiger partial charge in [0.25, 0.3) is 0 Å². The zero-order valence-corrected chi connectivity index (χ0v) is 10.9. The smallest absolute Gasteiger partial charge is 0.325 e. The molecular formula is C10H13N7O4. The fraction of sp³-hybridized carbons (Fsp3) is 0.400. The molecule has 2 aromatic heterocycles. The van der Waals surface area contributed by atoms with Crippen LogP contribution in [0.3, 0.4) is 0 Å². The molecular weight excluding hydrogens is 282 g/mol.